The molecule has 4 nitrogen and oxygen atoms in total. The van der Waals surface area contributed by atoms with Gasteiger partial charge in [0.1, 0.15) is 11.2 Å². The molecule has 4 heteroatoms. The smallest absolute Gasteiger partial charge is 0.164 e. The molecule has 0 amide bonds. The van der Waals surface area contributed by atoms with E-state index in [0.29, 0.717) is 17.5 Å². The Kier molecular flexibility index (Phi) is 6.78. The van der Waals surface area contributed by atoms with E-state index in [4.69, 9.17) is 19.4 Å². The summed E-state index contributed by atoms with van der Waals surface area (Å²) in [6.45, 7) is 0. The molecular formula is C47H29N3O. The van der Waals surface area contributed by atoms with Crippen molar-refractivity contribution in [1.29, 1.82) is 0 Å². The standard InChI is InChI=1S/C47H29N3O/c1-3-13-31(14-4-1)40-29-41-43-37(20-11-21-42(43)51-44(41)39-19-10-9-18-38(39)40)32-23-25-34(26-24-32)46-48-45(33-15-5-2-6-16-33)49-47(50-46)36-27-22-30-12-7-8-17-35(30)28-36/h1-29H. The van der Waals surface area contributed by atoms with Gasteiger partial charge in [-0.1, -0.05) is 158 Å². The lowest BCUT2D eigenvalue weighted by Crippen LogP contribution is -2.00. The van der Waals surface area contributed by atoms with Crippen molar-refractivity contribution in [1.82, 2.24) is 15.0 Å². The zero-order valence-electron chi connectivity index (χ0n) is 27.5. The van der Waals surface area contributed by atoms with Crippen molar-refractivity contribution in [2.24, 2.45) is 0 Å². The Morgan fingerprint density at radius 3 is 1.63 bits per heavy atom. The third-order valence-electron chi connectivity index (χ3n) is 9.72. The molecule has 2 aromatic heterocycles. The molecule has 10 aromatic rings. The number of aromatic nitrogens is 3. The van der Waals surface area contributed by atoms with Gasteiger partial charge >= 0.3 is 0 Å². The fraction of sp³-hybridized carbons (Fsp3) is 0. The molecule has 0 radical (unpaired) electrons. The molecule has 0 spiro atoms. The summed E-state index contributed by atoms with van der Waals surface area (Å²) in [5.74, 6) is 1.91. The molecule has 10 rings (SSSR count). The van der Waals surface area contributed by atoms with Crippen molar-refractivity contribution in [3.8, 4) is 56.4 Å². The van der Waals surface area contributed by atoms with E-state index in [1.54, 1.807) is 0 Å². The lowest BCUT2D eigenvalue weighted by atomic mass is 9.93. The fourth-order valence-corrected chi connectivity index (χ4v) is 7.22. The van der Waals surface area contributed by atoms with Gasteiger partial charge in [0.25, 0.3) is 0 Å². The molecule has 0 unspecified atom stereocenters. The normalized spacial score (nSPS) is 11.5. The van der Waals surface area contributed by atoms with E-state index in [1.165, 1.54) is 21.9 Å². The van der Waals surface area contributed by atoms with Crippen LogP contribution in [0.3, 0.4) is 0 Å². The third-order valence-corrected chi connectivity index (χ3v) is 9.72. The molecule has 0 atom stereocenters. The Hall–Kier alpha value is -6.91. The topological polar surface area (TPSA) is 51.8 Å². The summed E-state index contributed by atoms with van der Waals surface area (Å²) in [5.41, 5.74) is 9.17. The monoisotopic (exact) mass is 651 g/mol. The molecule has 51 heavy (non-hydrogen) atoms. The van der Waals surface area contributed by atoms with E-state index in [-0.39, 0.29) is 0 Å². The molecule has 0 saturated heterocycles. The second-order valence-corrected chi connectivity index (χ2v) is 12.8. The first kappa shape index (κ1) is 29.0. The second kappa shape index (κ2) is 11.9. The van der Waals surface area contributed by atoms with Gasteiger partial charge in [-0.25, -0.2) is 15.0 Å². The van der Waals surface area contributed by atoms with Gasteiger partial charge in [0.15, 0.2) is 17.5 Å². The van der Waals surface area contributed by atoms with Crippen LogP contribution >= 0.6 is 0 Å². The minimum absolute atomic E-state index is 0.629. The van der Waals surface area contributed by atoms with Crippen molar-refractivity contribution in [2.75, 3.05) is 0 Å². The average Bonchev–Trinajstić information content (AvgIpc) is 3.60. The Morgan fingerprint density at radius 2 is 0.882 bits per heavy atom. The minimum atomic E-state index is 0.629. The van der Waals surface area contributed by atoms with Gasteiger partial charge in [-0.2, -0.15) is 0 Å². The highest BCUT2D eigenvalue weighted by Crippen LogP contribution is 2.43. The highest BCUT2D eigenvalue weighted by molar-refractivity contribution is 6.22. The van der Waals surface area contributed by atoms with Gasteiger partial charge in [-0.15, -0.1) is 0 Å². The maximum absolute atomic E-state index is 6.62. The maximum atomic E-state index is 6.62. The van der Waals surface area contributed by atoms with Crippen LogP contribution in [0.2, 0.25) is 0 Å². The van der Waals surface area contributed by atoms with E-state index < -0.39 is 0 Å². The molecule has 0 saturated carbocycles. The third kappa shape index (κ3) is 5.04. The van der Waals surface area contributed by atoms with E-state index in [1.807, 2.05) is 30.3 Å². The maximum Gasteiger partial charge on any atom is 0.164 e. The number of fused-ring (bicyclic) bond motifs is 6. The van der Waals surface area contributed by atoms with E-state index in [0.717, 1.165) is 60.5 Å². The van der Waals surface area contributed by atoms with Crippen LogP contribution in [0, 0.1) is 0 Å². The largest absolute Gasteiger partial charge is 0.455 e. The van der Waals surface area contributed by atoms with Gasteiger partial charge < -0.3 is 4.42 Å². The van der Waals surface area contributed by atoms with Crippen LogP contribution in [0.25, 0.3) is 99.9 Å². The lowest BCUT2D eigenvalue weighted by Gasteiger charge is -2.10. The molecule has 0 fully saturated rings. The summed E-state index contributed by atoms with van der Waals surface area (Å²) < 4.78 is 6.62. The van der Waals surface area contributed by atoms with Crippen molar-refractivity contribution >= 4 is 43.5 Å². The predicted molar refractivity (Wildman–Crippen MR) is 209 cm³/mol. The van der Waals surface area contributed by atoms with Crippen molar-refractivity contribution in [3.05, 3.63) is 176 Å². The van der Waals surface area contributed by atoms with E-state index in [2.05, 4.69) is 146 Å². The summed E-state index contributed by atoms with van der Waals surface area (Å²) in [5, 5.41) is 6.82. The molecule has 0 aliphatic rings. The molecule has 0 aliphatic carbocycles. The van der Waals surface area contributed by atoms with Crippen LogP contribution in [0.5, 0.6) is 0 Å². The van der Waals surface area contributed by atoms with Crippen LogP contribution in [-0.2, 0) is 0 Å². The fourth-order valence-electron chi connectivity index (χ4n) is 7.22. The number of rotatable bonds is 5. The number of hydrogen-bond donors (Lipinski definition) is 0. The Bertz CT molecular complexity index is 2900. The average molecular weight is 652 g/mol. The Morgan fingerprint density at radius 1 is 0.333 bits per heavy atom. The zero-order valence-corrected chi connectivity index (χ0v) is 27.5. The summed E-state index contributed by atoms with van der Waals surface area (Å²) in [6.07, 6.45) is 0. The number of benzene rings is 8. The second-order valence-electron chi connectivity index (χ2n) is 12.8. The van der Waals surface area contributed by atoms with Gasteiger partial charge in [-0.05, 0) is 56.6 Å². The van der Waals surface area contributed by atoms with Crippen LogP contribution in [0.15, 0.2) is 180 Å². The molecule has 0 aliphatic heterocycles. The van der Waals surface area contributed by atoms with Crippen molar-refractivity contribution in [3.63, 3.8) is 0 Å². The molecule has 0 N–H and O–H groups in total. The first-order chi connectivity index (χ1) is 25.3. The Labute approximate surface area is 294 Å². The molecule has 238 valence electrons. The molecule has 2 heterocycles. The van der Waals surface area contributed by atoms with Crippen LogP contribution in [-0.4, -0.2) is 15.0 Å². The Balaban J connectivity index is 1.11. The van der Waals surface area contributed by atoms with Crippen LogP contribution < -0.4 is 0 Å². The van der Waals surface area contributed by atoms with Gasteiger partial charge in [0.05, 0.1) is 0 Å². The molecular weight excluding hydrogens is 623 g/mol. The van der Waals surface area contributed by atoms with Crippen LogP contribution in [0.4, 0.5) is 0 Å². The van der Waals surface area contributed by atoms with Crippen molar-refractivity contribution in [2.45, 2.75) is 0 Å². The summed E-state index contributed by atoms with van der Waals surface area (Å²) in [4.78, 5) is 14.9. The zero-order chi connectivity index (χ0) is 33.7. The van der Waals surface area contributed by atoms with Gasteiger partial charge in [-0.3, -0.25) is 0 Å². The minimum Gasteiger partial charge on any atom is -0.455 e. The first-order valence-corrected chi connectivity index (χ1v) is 17.1. The van der Waals surface area contributed by atoms with E-state index >= 15 is 0 Å². The van der Waals surface area contributed by atoms with Gasteiger partial charge in [0.2, 0.25) is 0 Å². The van der Waals surface area contributed by atoms with E-state index in [9.17, 15) is 0 Å². The summed E-state index contributed by atoms with van der Waals surface area (Å²) in [7, 11) is 0. The lowest BCUT2D eigenvalue weighted by molar-refractivity contribution is 0.673. The summed E-state index contributed by atoms with van der Waals surface area (Å²) in [6, 6.07) is 61.0. The molecule has 8 aromatic carbocycles. The predicted octanol–water partition coefficient (Wildman–Crippen LogP) is 12.4. The molecule has 0 bridgehead atoms. The highest BCUT2D eigenvalue weighted by Gasteiger charge is 2.18. The summed E-state index contributed by atoms with van der Waals surface area (Å²) >= 11 is 0. The van der Waals surface area contributed by atoms with Crippen LogP contribution in [0.1, 0.15) is 0 Å². The number of hydrogen-bond acceptors (Lipinski definition) is 4. The quantitative estimate of drug-likeness (QED) is 0.186. The number of furan rings is 1. The SMILES string of the molecule is c1ccc(-c2nc(-c3ccc(-c4cccc5oc6c7ccccc7c(-c7ccccc7)cc6c45)cc3)nc(-c3ccc4ccccc4c3)n2)cc1. The number of nitrogens with zero attached hydrogens (tertiary/aromatic N) is 3. The highest BCUT2D eigenvalue weighted by atomic mass is 16.3. The first-order valence-electron chi connectivity index (χ1n) is 17.1. The van der Waals surface area contributed by atoms with Gasteiger partial charge in [0, 0.05) is 32.8 Å². The van der Waals surface area contributed by atoms with Crippen molar-refractivity contribution < 1.29 is 4.42 Å².